The number of ether oxygens (including phenoxy) is 1. The van der Waals surface area contributed by atoms with Crippen molar-refractivity contribution in [2.75, 3.05) is 11.9 Å². The third kappa shape index (κ3) is 5.87. The number of fused-ring (bicyclic) bond motifs is 1. The number of hydrogen-bond donors (Lipinski definition) is 2. The number of thiocarbonyl (C=S) groups is 1. The molecule has 0 aliphatic heterocycles. The molecule has 0 fully saturated rings. The summed E-state index contributed by atoms with van der Waals surface area (Å²) in [7, 11) is 0. The van der Waals surface area contributed by atoms with Crippen molar-refractivity contribution in [3.8, 4) is 11.8 Å². The minimum Gasteiger partial charge on any atom is -0.493 e. The highest BCUT2D eigenvalue weighted by Crippen LogP contribution is 2.43. The highest BCUT2D eigenvalue weighted by molar-refractivity contribution is 7.80. The van der Waals surface area contributed by atoms with Crippen LogP contribution in [0.1, 0.15) is 67.4 Å². The molecule has 0 unspecified atom stereocenters. The fourth-order valence-electron chi connectivity index (χ4n) is 3.83. The van der Waals surface area contributed by atoms with Crippen molar-refractivity contribution in [2.45, 2.75) is 53.9 Å². The monoisotopic (exact) mass is 469 g/mol. The van der Waals surface area contributed by atoms with Crippen LogP contribution >= 0.6 is 23.6 Å². The topological polar surface area (TPSA) is 74.2 Å². The van der Waals surface area contributed by atoms with Crippen molar-refractivity contribution < 1.29 is 9.53 Å². The zero-order chi connectivity index (χ0) is 23.5. The molecule has 1 heterocycles. The minimum atomic E-state index is -0.315. The van der Waals surface area contributed by atoms with Crippen LogP contribution in [0.3, 0.4) is 0 Å². The Balaban J connectivity index is 1.68. The first-order valence-corrected chi connectivity index (χ1v) is 12.2. The fourth-order valence-corrected chi connectivity index (χ4v) is 5.37. The van der Waals surface area contributed by atoms with E-state index < -0.39 is 0 Å². The summed E-state index contributed by atoms with van der Waals surface area (Å²) in [6.45, 7) is 11.5. The molecule has 0 saturated carbocycles. The Hall–Kier alpha value is -2.43. The first kappa shape index (κ1) is 24.2. The van der Waals surface area contributed by atoms with Gasteiger partial charge in [-0.15, -0.1) is 11.3 Å². The zero-order valence-corrected chi connectivity index (χ0v) is 21.0. The molecule has 170 valence electrons. The van der Waals surface area contributed by atoms with Crippen LogP contribution in [0.15, 0.2) is 24.3 Å². The number of benzene rings is 1. The van der Waals surface area contributed by atoms with Gasteiger partial charge in [-0.25, -0.2) is 0 Å². The maximum atomic E-state index is 12.7. The number of rotatable bonds is 5. The van der Waals surface area contributed by atoms with Crippen LogP contribution in [0.4, 0.5) is 5.00 Å². The van der Waals surface area contributed by atoms with Crippen molar-refractivity contribution in [3.05, 3.63) is 45.8 Å². The standard InChI is InChI=1S/C25H31N3O2S2/c1-15(2)14-30-18-8-6-7-16(11-18)22(29)27-24(31)28-23-20(13-26)19-10-9-17(25(3,4)5)12-21(19)32-23/h6-8,11,15,17H,9-10,12,14H2,1-5H3,(H2,27,28,29,31)/t17-/m0/s1. The summed E-state index contributed by atoms with van der Waals surface area (Å²) >= 11 is 6.96. The molecule has 1 amide bonds. The van der Waals surface area contributed by atoms with E-state index >= 15 is 0 Å². The van der Waals surface area contributed by atoms with Crippen molar-refractivity contribution in [1.82, 2.24) is 5.32 Å². The SMILES string of the molecule is CC(C)COc1cccc(C(=O)NC(=S)Nc2sc3c(c2C#N)CC[C@H](C(C)(C)C)C3)c1. The molecule has 0 spiro atoms. The van der Waals surface area contributed by atoms with Gasteiger partial charge in [0.15, 0.2) is 5.11 Å². The van der Waals surface area contributed by atoms with E-state index in [0.29, 0.717) is 40.3 Å². The third-order valence-corrected chi connectivity index (χ3v) is 7.11. The van der Waals surface area contributed by atoms with Gasteiger partial charge in [0.1, 0.15) is 16.8 Å². The Kier molecular flexibility index (Phi) is 7.58. The highest BCUT2D eigenvalue weighted by Gasteiger charge is 2.32. The second-order valence-corrected chi connectivity index (χ2v) is 11.3. The van der Waals surface area contributed by atoms with E-state index in [1.165, 1.54) is 4.88 Å². The Bertz CT molecular complexity index is 1040. The first-order chi connectivity index (χ1) is 15.1. The van der Waals surface area contributed by atoms with Gasteiger partial charge >= 0.3 is 0 Å². The van der Waals surface area contributed by atoms with Crippen LogP contribution in [0.5, 0.6) is 5.75 Å². The quantitative estimate of drug-likeness (QED) is 0.531. The lowest BCUT2D eigenvalue weighted by atomic mass is 9.72. The molecule has 1 aliphatic rings. The lowest BCUT2D eigenvalue weighted by molar-refractivity contribution is 0.0977. The van der Waals surface area contributed by atoms with Gasteiger partial charge in [0.05, 0.1) is 12.2 Å². The van der Waals surface area contributed by atoms with E-state index in [-0.39, 0.29) is 16.4 Å². The van der Waals surface area contributed by atoms with Crippen LogP contribution in [0, 0.1) is 28.6 Å². The number of nitrogens with zero attached hydrogens (tertiary/aromatic N) is 1. The lowest BCUT2D eigenvalue weighted by Crippen LogP contribution is -2.34. The number of nitrogens with one attached hydrogen (secondary N) is 2. The van der Waals surface area contributed by atoms with Crippen LogP contribution in [-0.2, 0) is 12.8 Å². The molecule has 3 rings (SSSR count). The molecular weight excluding hydrogens is 438 g/mol. The highest BCUT2D eigenvalue weighted by atomic mass is 32.1. The molecule has 32 heavy (non-hydrogen) atoms. The first-order valence-electron chi connectivity index (χ1n) is 11.0. The lowest BCUT2D eigenvalue weighted by Gasteiger charge is -2.33. The summed E-state index contributed by atoms with van der Waals surface area (Å²) in [5.41, 5.74) is 2.48. The summed E-state index contributed by atoms with van der Waals surface area (Å²) in [6.07, 6.45) is 2.96. The number of anilines is 1. The van der Waals surface area contributed by atoms with Crippen molar-refractivity contribution in [2.24, 2.45) is 17.3 Å². The average Bonchev–Trinajstić information content (AvgIpc) is 3.07. The summed E-state index contributed by atoms with van der Waals surface area (Å²) in [4.78, 5) is 13.9. The molecule has 5 nitrogen and oxygen atoms in total. The van der Waals surface area contributed by atoms with Gasteiger partial charge < -0.3 is 10.1 Å². The maximum absolute atomic E-state index is 12.7. The minimum absolute atomic E-state index is 0.186. The Labute approximate surface area is 200 Å². The molecule has 1 atom stereocenters. The number of carbonyl (C=O) groups is 1. The van der Waals surface area contributed by atoms with E-state index in [9.17, 15) is 10.1 Å². The summed E-state index contributed by atoms with van der Waals surface area (Å²) in [6, 6.07) is 9.38. The largest absolute Gasteiger partial charge is 0.493 e. The summed E-state index contributed by atoms with van der Waals surface area (Å²) < 4.78 is 5.71. The predicted octanol–water partition coefficient (Wildman–Crippen LogP) is 5.93. The third-order valence-electron chi connectivity index (χ3n) is 5.74. The van der Waals surface area contributed by atoms with Crippen molar-refractivity contribution in [3.63, 3.8) is 0 Å². The molecule has 0 bridgehead atoms. The molecule has 2 N–H and O–H groups in total. The Morgan fingerprint density at radius 3 is 2.78 bits per heavy atom. The predicted molar refractivity (Wildman–Crippen MR) is 134 cm³/mol. The van der Waals surface area contributed by atoms with Crippen LogP contribution in [0.2, 0.25) is 0 Å². The number of hydrogen-bond acceptors (Lipinski definition) is 5. The molecule has 2 aromatic rings. The van der Waals surface area contributed by atoms with E-state index in [2.05, 4.69) is 51.3 Å². The second-order valence-electron chi connectivity index (χ2n) is 9.77. The Morgan fingerprint density at radius 1 is 1.38 bits per heavy atom. The van der Waals surface area contributed by atoms with Gasteiger partial charge in [-0.3, -0.25) is 10.1 Å². The van der Waals surface area contributed by atoms with Crippen molar-refractivity contribution in [1.29, 1.82) is 5.26 Å². The average molecular weight is 470 g/mol. The van der Waals surface area contributed by atoms with Crippen LogP contribution < -0.4 is 15.4 Å². The smallest absolute Gasteiger partial charge is 0.257 e. The second kappa shape index (κ2) is 10.0. The van der Waals surface area contributed by atoms with E-state index in [1.54, 1.807) is 29.5 Å². The summed E-state index contributed by atoms with van der Waals surface area (Å²) in [5.74, 6) is 1.32. The van der Waals surface area contributed by atoms with Gasteiger partial charge in [-0.05, 0) is 72.5 Å². The molecule has 1 aromatic carbocycles. The van der Waals surface area contributed by atoms with E-state index in [4.69, 9.17) is 17.0 Å². The maximum Gasteiger partial charge on any atom is 0.257 e. The Morgan fingerprint density at radius 2 is 2.12 bits per heavy atom. The fraction of sp³-hybridized carbons (Fsp3) is 0.480. The molecule has 1 aromatic heterocycles. The number of thiophene rings is 1. The van der Waals surface area contributed by atoms with Crippen LogP contribution in [-0.4, -0.2) is 17.6 Å². The van der Waals surface area contributed by atoms with Gasteiger partial charge in [0, 0.05) is 10.4 Å². The van der Waals surface area contributed by atoms with Gasteiger partial charge in [-0.1, -0.05) is 40.7 Å². The molecule has 0 radical (unpaired) electrons. The van der Waals surface area contributed by atoms with E-state index in [0.717, 1.165) is 24.8 Å². The van der Waals surface area contributed by atoms with Crippen LogP contribution in [0.25, 0.3) is 0 Å². The zero-order valence-electron chi connectivity index (χ0n) is 19.4. The number of amides is 1. The number of carbonyl (C=O) groups excluding carboxylic acids is 1. The van der Waals surface area contributed by atoms with Crippen molar-refractivity contribution >= 4 is 39.6 Å². The van der Waals surface area contributed by atoms with Gasteiger partial charge in [0.25, 0.3) is 5.91 Å². The molecular formula is C25H31N3O2S2. The molecule has 1 aliphatic carbocycles. The number of nitriles is 1. The van der Waals surface area contributed by atoms with Gasteiger partial charge in [-0.2, -0.15) is 5.26 Å². The molecule has 7 heteroatoms. The van der Waals surface area contributed by atoms with Gasteiger partial charge in [0.2, 0.25) is 0 Å². The van der Waals surface area contributed by atoms with E-state index in [1.807, 2.05) is 6.07 Å². The molecule has 0 saturated heterocycles. The normalized spacial score (nSPS) is 15.6. The summed E-state index contributed by atoms with van der Waals surface area (Å²) in [5, 5.41) is 16.5.